The highest BCUT2D eigenvalue weighted by Gasteiger charge is 2.43. The van der Waals surface area contributed by atoms with E-state index in [0.717, 1.165) is 4.90 Å². The number of pyridine rings is 1. The van der Waals surface area contributed by atoms with Crippen LogP contribution < -0.4 is 10.6 Å². The Morgan fingerprint density at radius 2 is 2.00 bits per heavy atom. The normalized spacial score (nSPS) is 16.8. The van der Waals surface area contributed by atoms with Gasteiger partial charge in [-0.25, -0.2) is 9.88 Å². The van der Waals surface area contributed by atoms with E-state index in [-0.39, 0.29) is 18.2 Å². The van der Waals surface area contributed by atoms with Crippen LogP contribution in [0, 0.1) is 6.92 Å². The highest BCUT2D eigenvalue weighted by molar-refractivity contribution is 7.98. The zero-order valence-corrected chi connectivity index (χ0v) is 16.3. The Kier molecular flexibility index (Phi) is 4.64. The lowest BCUT2D eigenvalue weighted by atomic mass is 9.97. The van der Waals surface area contributed by atoms with Crippen LogP contribution in [0.15, 0.2) is 53.6 Å². The van der Waals surface area contributed by atoms with Crippen LogP contribution in [0.1, 0.15) is 23.6 Å². The van der Waals surface area contributed by atoms with E-state index in [2.05, 4.69) is 10.1 Å². The Labute approximate surface area is 166 Å². The lowest BCUT2D eigenvalue weighted by molar-refractivity contribution is -0.121. The van der Waals surface area contributed by atoms with Crippen molar-refractivity contribution in [3.8, 4) is 5.82 Å². The van der Waals surface area contributed by atoms with E-state index in [1.165, 1.54) is 9.58 Å². The molecule has 3 aromatic rings. The lowest BCUT2D eigenvalue weighted by Gasteiger charge is -2.16. The number of thioether (sulfide) groups is 1. The molecule has 3 heterocycles. The monoisotopic (exact) mass is 393 g/mol. The third-order valence-corrected chi connectivity index (χ3v) is 5.54. The highest BCUT2D eigenvalue weighted by atomic mass is 32.2. The Hall–Kier alpha value is -3.13. The van der Waals surface area contributed by atoms with Crippen LogP contribution in [0.2, 0.25) is 0 Å². The Morgan fingerprint density at radius 1 is 1.18 bits per heavy atom. The molecule has 1 saturated heterocycles. The molecule has 142 valence electrons. The van der Waals surface area contributed by atoms with Crippen molar-refractivity contribution in [3.05, 3.63) is 59.9 Å². The van der Waals surface area contributed by atoms with Crippen molar-refractivity contribution in [2.24, 2.45) is 0 Å². The predicted molar refractivity (Wildman–Crippen MR) is 109 cm³/mol. The highest BCUT2D eigenvalue weighted by Crippen LogP contribution is 2.38. The second kappa shape index (κ2) is 7.12. The molecule has 0 spiro atoms. The topological polar surface area (TPSA) is 94.1 Å². The smallest absolute Gasteiger partial charge is 0.242 e. The summed E-state index contributed by atoms with van der Waals surface area (Å²) in [6, 6.07) is 12.8. The zero-order chi connectivity index (χ0) is 19.8. The number of aryl methyl sites for hydroxylation is 1. The van der Waals surface area contributed by atoms with Gasteiger partial charge in [0, 0.05) is 23.1 Å². The van der Waals surface area contributed by atoms with Crippen molar-refractivity contribution in [2.45, 2.75) is 24.2 Å². The van der Waals surface area contributed by atoms with Crippen LogP contribution in [0.5, 0.6) is 0 Å². The molecule has 2 N–H and O–H groups in total. The average Bonchev–Trinajstić information content (AvgIpc) is 3.17. The number of anilines is 2. The number of benzene rings is 1. The molecule has 0 radical (unpaired) electrons. The second-order valence-corrected chi connectivity index (χ2v) is 7.39. The SMILES string of the molecule is CSc1cccc(N2C(=O)C[C@@H](c3c(C)nn(-c4ccccn4)c3N)C2=O)c1. The number of hydrogen-bond acceptors (Lipinski definition) is 6. The van der Waals surface area contributed by atoms with Gasteiger partial charge in [0.05, 0.1) is 17.3 Å². The fraction of sp³-hybridized carbons (Fsp3) is 0.200. The zero-order valence-electron chi connectivity index (χ0n) is 15.5. The summed E-state index contributed by atoms with van der Waals surface area (Å²) in [5, 5.41) is 4.45. The van der Waals surface area contributed by atoms with Gasteiger partial charge in [0.15, 0.2) is 5.82 Å². The summed E-state index contributed by atoms with van der Waals surface area (Å²) >= 11 is 1.56. The van der Waals surface area contributed by atoms with E-state index in [0.29, 0.717) is 28.6 Å². The predicted octanol–water partition coefficient (Wildman–Crippen LogP) is 2.93. The molecule has 2 amide bonds. The average molecular weight is 393 g/mol. The van der Waals surface area contributed by atoms with Gasteiger partial charge < -0.3 is 5.73 Å². The summed E-state index contributed by atoms with van der Waals surface area (Å²) in [5.41, 5.74) is 8.12. The second-order valence-electron chi connectivity index (χ2n) is 6.51. The van der Waals surface area contributed by atoms with E-state index in [1.807, 2.05) is 30.5 Å². The van der Waals surface area contributed by atoms with Gasteiger partial charge in [-0.05, 0) is 43.5 Å². The molecule has 0 unspecified atom stereocenters. The molecule has 7 nitrogen and oxygen atoms in total. The van der Waals surface area contributed by atoms with Crippen molar-refractivity contribution in [1.29, 1.82) is 0 Å². The molecule has 1 aliphatic heterocycles. The standard InChI is InChI=1S/C20H19N5O2S/c1-12-18(19(21)25(23-12)16-8-3-4-9-22-16)15-11-17(26)24(20(15)27)13-6-5-7-14(10-13)28-2/h3-10,15H,11,21H2,1-2H3/t15-/m0/s1. The maximum Gasteiger partial charge on any atom is 0.242 e. The number of rotatable bonds is 4. The minimum Gasteiger partial charge on any atom is -0.383 e. The van der Waals surface area contributed by atoms with Crippen molar-refractivity contribution < 1.29 is 9.59 Å². The Balaban J connectivity index is 1.72. The fourth-order valence-corrected chi connectivity index (χ4v) is 3.97. The van der Waals surface area contributed by atoms with Gasteiger partial charge in [0.1, 0.15) is 5.82 Å². The van der Waals surface area contributed by atoms with Gasteiger partial charge in [0.25, 0.3) is 0 Å². The number of hydrogen-bond donors (Lipinski definition) is 1. The van der Waals surface area contributed by atoms with Crippen molar-refractivity contribution in [1.82, 2.24) is 14.8 Å². The molecule has 0 bridgehead atoms. The van der Waals surface area contributed by atoms with Crippen LogP contribution in [-0.4, -0.2) is 32.8 Å². The van der Waals surface area contributed by atoms with Crippen molar-refractivity contribution >= 4 is 35.1 Å². The minimum atomic E-state index is -0.650. The Morgan fingerprint density at radius 3 is 2.71 bits per heavy atom. The summed E-state index contributed by atoms with van der Waals surface area (Å²) in [7, 11) is 0. The van der Waals surface area contributed by atoms with E-state index >= 15 is 0 Å². The number of carbonyl (C=O) groups excluding carboxylic acids is 2. The van der Waals surface area contributed by atoms with E-state index in [1.54, 1.807) is 43.1 Å². The molecule has 4 rings (SSSR count). The number of aromatic nitrogens is 3. The number of imide groups is 1. The molecule has 1 atom stereocenters. The number of nitrogen functional groups attached to an aromatic ring is 1. The molecule has 0 aliphatic carbocycles. The summed E-state index contributed by atoms with van der Waals surface area (Å²) in [6.07, 6.45) is 3.67. The molecular formula is C20H19N5O2S. The Bertz CT molecular complexity index is 1060. The summed E-state index contributed by atoms with van der Waals surface area (Å²) in [6.45, 7) is 1.79. The van der Waals surface area contributed by atoms with Gasteiger partial charge in [0.2, 0.25) is 11.8 Å². The van der Waals surface area contributed by atoms with Crippen LogP contribution in [0.3, 0.4) is 0 Å². The largest absolute Gasteiger partial charge is 0.383 e. The van der Waals surface area contributed by atoms with E-state index < -0.39 is 5.92 Å². The van der Waals surface area contributed by atoms with E-state index in [9.17, 15) is 9.59 Å². The molecule has 1 aliphatic rings. The number of nitrogens with zero attached hydrogens (tertiary/aromatic N) is 4. The molecule has 2 aromatic heterocycles. The quantitative estimate of drug-likeness (QED) is 0.541. The summed E-state index contributed by atoms with van der Waals surface area (Å²) < 4.78 is 1.51. The van der Waals surface area contributed by atoms with Gasteiger partial charge >= 0.3 is 0 Å². The molecular weight excluding hydrogens is 374 g/mol. The maximum absolute atomic E-state index is 13.2. The van der Waals surface area contributed by atoms with Gasteiger partial charge in [-0.1, -0.05) is 12.1 Å². The maximum atomic E-state index is 13.2. The summed E-state index contributed by atoms with van der Waals surface area (Å²) in [4.78, 5) is 32.3. The van der Waals surface area contributed by atoms with Crippen molar-refractivity contribution in [2.75, 3.05) is 16.9 Å². The number of nitrogens with two attached hydrogens (primary N) is 1. The van der Waals surface area contributed by atoms with Crippen LogP contribution in [-0.2, 0) is 9.59 Å². The number of carbonyl (C=O) groups is 2. The molecule has 1 aromatic carbocycles. The molecule has 0 saturated carbocycles. The van der Waals surface area contributed by atoms with Crippen molar-refractivity contribution in [3.63, 3.8) is 0 Å². The first-order chi connectivity index (χ1) is 13.5. The van der Waals surface area contributed by atoms with Crippen LogP contribution in [0.4, 0.5) is 11.5 Å². The van der Waals surface area contributed by atoms with Gasteiger partial charge in [-0.2, -0.15) is 9.78 Å². The third-order valence-electron chi connectivity index (χ3n) is 4.82. The first kappa shape index (κ1) is 18.2. The lowest BCUT2D eigenvalue weighted by Crippen LogP contribution is -2.30. The van der Waals surface area contributed by atoms with Crippen LogP contribution >= 0.6 is 11.8 Å². The first-order valence-electron chi connectivity index (χ1n) is 8.78. The van der Waals surface area contributed by atoms with E-state index in [4.69, 9.17) is 5.73 Å². The van der Waals surface area contributed by atoms with Gasteiger partial charge in [-0.15, -0.1) is 11.8 Å². The summed E-state index contributed by atoms with van der Waals surface area (Å²) in [5.74, 6) is -0.267. The fourth-order valence-electron chi connectivity index (χ4n) is 3.52. The molecule has 8 heteroatoms. The number of amides is 2. The minimum absolute atomic E-state index is 0.0707. The first-order valence-corrected chi connectivity index (χ1v) is 10.0. The van der Waals surface area contributed by atoms with Crippen LogP contribution in [0.25, 0.3) is 5.82 Å². The molecule has 28 heavy (non-hydrogen) atoms. The third kappa shape index (κ3) is 2.95. The van der Waals surface area contributed by atoms with Gasteiger partial charge in [-0.3, -0.25) is 9.59 Å². The molecule has 1 fully saturated rings.